The van der Waals surface area contributed by atoms with Crippen LogP contribution in [0.5, 0.6) is 0 Å². The summed E-state index contributed by atoms with van der Waals surface area (Å²) in [5.74, 6) is 0.0643. The minimum Gasteiger partial charge on any atom is -0.335 e. The highest BCUT2D eigenvalue weighted by molar-refractivity contribution is 5.82. The topological polar surface area (TPSA) is 46.3 Å². The van der Waals surface area contributed by atoms with E-state index in [4.69, 9.17) is 5.73 Å². The molecule has 2 N–H and O–H groups in total. The van der Waals surface area contributed by atoms with Crippen LogP contribution in [0.3, 0.4) is 0 Å². The normalized spacial score (nSPS) is 22.3. The lowest BCUT2D eigenvalue weighted by Gasteiger charge is -2.37. The molecule has 0 spiro atoms. The summed E-state index contributed by atoms with van der Waals surface area (Å²) in [6.45, 7) is 4.38. The second-order valence-electron chi connectivity index (χ2n) is 3.75. The fraction of sp³-hybridized carbons (Fsp3) is 0.889. The van der Waals surface area contributed by atoms with Crippen molar-refractivity contribution in [2.75, 3.05) is 13.1 Å². The van der Waals surface area contributed by atoms with Crippen LogP contribution in [-0.2, 0) is 4.79 Å². The summed E-state index contributed by atoms with van der Waals surface area (Å²) in [5.41, 5.74) is 5.71. The van der Waals surface area contributed by atoms with Crippen molar-refractivity contribution in [3.63, 3.8) is 0 Å². The molecular formula is C9H17FN2O. The standard InChI is InChI=1S/C9H17FN2O/c1-3-6(2)8(11)9(13)12-4-7(10)5-12/h6-8H,3-5,11H2,1-2H3. The number of halogens is 1. The van der Waals surface area contributed by atoms with E-state index in [0.29, 0.717) is 0 Å². The van der Waals surface area contributed by atoms with E-state index in [-0.39, 0.29) is 24.9 Å². The van der Waals surface area contributed by atoms with Crippen LogP contribution in [0.25, 0.3) is 0 Å². The van der Waals surface area contributed by atoms with Gasteiger partial charge in [0, 0.05) is 0 Å². The molecule has 1 rings (SSSR count). The Kier molecular flexibility index (Phi) is 3.25. The van der Waals surface area contributed by atoms with Gasteiger partial charge >= 0.3 is 0 Å². The van der Waals surface area contributed by atoms with E-state index < -0.39 is 12.2 Å². The molecule has 0 radical (unpaired) electrons. The quantitative estimate of drug-likeness (QED) is 0.702. The summed E-state index contributed by atoms with van der Waals surface area (Å²) in [6, 6.07) is -0.461. The van der Waals surface area contributed by atoms with Gasteiger partial charge in [0.2, 0.25) is 5.91 Å². The molecule has 3 nitrogen and oxygen atoms in total. The first-order valence-corrected chi connectivity index (χ1v) is 4.74. The summed E-state index contributed by atoms with van der Waals surface area (Å²) in [5, 5.41) is 0. The second-order valence-corrected chi connectivity index (χ2v) is 3.75. The Hall–Kier alpha value is -0.640. The minimum atomic E-state index is -0.840. The van der Waals surface area contributed by atoms with Gasteiger partial charge in [-0.25, -0.2) is 4.39 Å². The van der Waals surface area contributed by atoms with Crippen molar-refractivity contribution in [3.05, 3.63) is 0 Å². The van der Waals surface area contributed by atoms with Gasteiger partial charge in [-0.2, -0.15) is 0 Å². The zero-order valence-electron chi connectivity index (χ0n) is 8.16. The van der Waals surface area contributed by atoms with Crippen molar-refractivity contribution < 1.29 is 9.18 Å². The number of hydrogen-bond acceptors (Lipinski definition) is 2. The lowest BCUT2D eigenvalue weighted by atomic mass is 9.97. The Balaban J connectivity index is 2.39. The third-order valence-electron chi connectivity index (χ3n) is 2.69. The molecule has 0 aromatic heterocycles. The van der Waals surface area contributed by atoms with Crippen molar-refractivity contribution in [2.24, 2.45) is 11.7 Å². The number of alkyl halides is 1. The minimum absolute atomic E-state index is 0.108. The van der Waals surface area contributed by atoms with Gasteiger partial charge in [-0.15, -0.1) is 0 Å². The average Bonchev–Trinajstić information content (AvgIpc) is 2.09. The number of nitrogens with zero attached hydrogens (tertiary/aromatic N) is 1. The van der Waals surface area contributed by atoms with E-state index in [1.54, 1.807) is 0 Å². The maximum atomic E-state index is 12.4. The second kappa shape index (κ2) is 4.05. The van der Waals surface area contributed by atoms with E-state index in [1.807, 2.05) is 13.8 Å². The molecule has 0 aromatic carbocycles. The number of carbonyl (C=O) groups is 1. The number of nitrogens with two attached hydrogens (primary N) is 1. The van der Waals surface area contributed by atoms with E-state index in [1.165, 1.54) is 4.90 Å². The molecular weight excluding hydrogens is 171 g/mol. The number of carbonyl (C=O) groups excluding carboxylic acids is 1. The highest BCUT2D eigenvalue weighted by Crippen LogP contribution is 2.15. The summed E-state index contributed by atoms with van der Waals surface area (Å²) in [4.78, 5) is 13.0. The third-order valence-corrected chi connectivity index (χ3v) is 2.69. The average molecular weight is 188 g/mol. The van der Waals surface area contributed by atoms with Crippen LogP contribution in [-0.4, -0.2) is 36.1 Å². The van der Waals surface area contributed by atoms with E-state index in [0.717, 1.165) is 6.42 Å². The summed E-state index contributed by atoms with van der Waals surface area (Å²) in [7, 11) is 0. The van der Waals surface area contributed by atoms with Crippen LogP contribution in [0.2, 0.25) is 0 Å². The predicted molar refractivity (Wildman–Crippen MR) is 48.9 cm³/mol. The molecule has 2 unspecified atom stereocenters. The molecule has 0 bridgehead atoms. The summed E-state index contributed by atoms with van der Waals surface area (Å²) >= 11 is 0. The molecule has 1 heterocycles. The molecule has 76 valence electrons. The van der Waals surface area contributed by atoms with Crippen LogP contribution in [0.15, 0.2) is 0 Å². The lowest BCUT2D eigenvalue weighted by molar-refractivity contribution is -0.140. The first-order chi connectivity index (χ1) is 6.06. The summed E-state index contributed by atoms with van der Waals surface area (Å²) in [6.07, 6.45) is 0.0351. The Bertz CT molecular complexity index is 192. The Morgan fingerprint density at radius 2 is 2.23 bits per heavy atom. The zero-order chi connectivity index (χ0) is 10.0. The SMILES string of the molecule is CCC(C)C(N)C(=O)N1CC(F)C1. The molecule has 13 heavy (non-hydrogen) atoms. The highest BCUT2D eigenvalue weighted by atomic mass is 19.1. The van der Waals surface area contributed by atoms with Crippen LogP contribution in [0.4, 0.5) is 4.39 Å². The molecule has 1 aliphatic heterocycles. The van der Waals surface area contributed by atoms with Gasteiger partial charge in [-0.1, -0.05) is 20.3 Å². The molecule has 1 amide bonds. The fourth-order valence-corrected chi connectivity index (χ4v) is 1.31. The Morgan fingerprint density at radius 3 is 2.62 bits per heavy atom. The Labute approximate surface area is 78.1 Å². The van der Waals surface area contributed by atoms with Gasteiger partial charge in [0.15, 0.2) is 0 Å². The van der Waals surface area contributed by atoms with Crippen molar-refractivity contribution in [1.29, 1.82) is 0 Å². The third kappa shape index (κ3) is 2.18. The van der Waals surface area contributed by atoms with Crippen molar-refractivity contribution in [3.8, 4) is 0 Å². The molecule has 0 aromatic rings. The molecule has 1 aliphatic rings. The maximum absolute atomic E-state index is 12.4. The van der Waals surface area contributed by atoms with Crippen LogP contribution >= 0.6 is 0 Å². The monoisotopic (exact) mass is 188 g/mol. The maximum Gasteiger partial charge on any atom is 0.239 e. The molecule has 2 atom stereocenters. The van der Waals surface area contributed by atoms with Crippen molar-refractivity contribution in [2.45, 2.75) is 32.5 Å². The van der Waals surface area contributed by atoms with Crippen LogP contribution in [0, 0.1) is 5.92 Å². The zero-order valence-corrected chi connectivity index (χ0v) is 8.16. The highest BCUT2D eigenvalue weighted by Gasteiger charge is 2.34. The summed E-state index contributed by atoms with van der Waals surface area (Å²) < 4.78 is 12.4. The lowest BCUT2D eigenvalue weighted by Crippen LogP contribution is -2.57. The van der Waals surface area contributed by atoms with Crippen LogP contribution < -0.4 is 5.73 Å². The van der Waals surface area contributed by atoms with Gasteiger partial charge < -0.3 is 10.6 Å². The number of likely N-dealkylation sites (tertiary alicyclic amines) is 1. The molecule has 4 heteroatoms. The van der Waals surface area contributed by atoms with E-state index >= 15 is 0 Å². The van der Waals surface area contributed by atoms with Gasteiger partial charge in [0.05, 0.1) is 19.1 Å². The number of rotatable bonds is 3. The number of hydrogen-bond donors (Lipinski definition) is 1. The van der Waals surface area contributed by atoms with Gasteiger partial charge in [0.25, 0.3) is 0 Å². The first kappa shape index (κ1) is 10.4. The molecule has 1 fully saturated rings. The van der Waals surface area contributed by atoms with Crippen molar-refractivity contribution in [1.82, 2.24) is 4.90 Å². The van der Waals surface area contributed by atoms with Gasteiger partial charge in [-0.05, 0) is 5.92 Å². The van der Waals surface area contributed by atoms with E-state index in [2.05, 4.69) is 0 Å². The van der Waals surface area contributed by atoms with Gasteiger partial charge in [-0.3, -0.25) is 4.79 Å². The molecule has 0 saturated carbocycles. The first-order valence-electron chi connectivity index (χ1n) is 4.74. The number of amides is 1. The molecule has 0 aliphatic carbocycles. The van der Waals surface area contributed by atoms with Crippen molar-refractivity contribution >= 4 is 5.91 Å². The Morgan fingerprint density at radius 1 is 1.69 bits per heavy atom. The largest absolute Gasteiger partial charge is 0.335 e. The fourth-order valence-electron chi connectivity index (χ4n) is 1.31. The predicted octanol–water partition coefficient (Wildman–Crippen LogP) is 0.540. The van der Waals surface area contributed by atoms with Crippen LogP contribution in [0.1, 0.15) is 20.3 Å². The smallest absolute Gasteiger partial charge is 0.239 e. The van der Waals surface area contributed by atoms with E-state index in [9.17, 15) is 9.18 Å². The van der Waals surface area contributed by atoms with Gasteiger partial charge in [0.1, 0.15) is 6.17 Å². The molecule has 1 saturated heterocycles.